The number of halogens is 1. The van der Waals surface area contributed by atoms with E-state index in [4.69, 9.17) is 15.2 Å². The van der Waals surface area contributed by atoms with Crippen molar-refractivity contribution < 1.29 is 23.5 Å². The van der Waals surface area contributed by atoms with Gasteiger partial charge in [-0.1, -0.05) is 12.1 Å². The van der Waals surface area contributed by atoms with Gasteiger partial charge in [-0.3, -0.25) is 4.79 Å². The number of carbonyl (C=O) groups is 2. The molecule has 6 nitrogen and oxygen atoms in total. The number of carbonyl (C=O) groups excluding carboxylic acids is 2. The largest absolute Gasteiger partial charge is 0.489 e. The van der Waals surface area contributed by atoms with Gasteiger partial charge in [0, 0.05) is 5.69 Å². The molecular formula is C18H17FN2O4. The highest BCUT2D eigenvalue weighted by Crippen LogP contribution is 2.25. The van der Waals surface area contributed by atoms with Gasteiger partial charge in [-0.15, -0.1) is 0 Å². The van der Waals surface area contributed by atoms with Gasteiger partial charge in [0.15, 0.2) is 0 Å². The number of nitrogens with zero attached hydrogens (tertiary/aromatic N) is 1. The van der Waals surface area contributed by atoms with Crippen LogP contribution >= 0.6 is 0 Å². The van der Waals surface area contributed by atoms with Crippen LogP contribution in [0, 0.1) is 5.82 Å². The molecule has 1 heterocycles. The van der Waals surface area contributed by atoms with E-state index >= 15 is 0 Å². The monoisotopic (exact) mass is 344 g/mol. The minimum atomic E-state index is -0.888. The molecule has 1 saturated heterocycles. The summed E-state index contributed by atoms with van der Waals surface area (Å²) >= 11 is 0. The molecule has 0 unspecified atom stereocenters. The van der Waals surface area contributed by atoms with Crippen LogP contribution in [0.2, 0.25) is 0 Å². The van der Waals surface area contributed by atoms with E-state index in [1.54, 1.807) is 36.4 Å². The van der Waals surface area contributed by atoms with E-state index in [0.29, 0.717) is 11.4 Å². The number of amides is 2. The lowest BCUT2D eigenvalue weighted by Crippen LogP contribution is -2.28. The number of hydrogen-bond donors (Lipinski definition) is 1. The van der Waals surface area contributed by atoms with Crippen LogP contribution in [0.1, 0.15) is 12.0 Å². The summed E-state index contributed by atoms with van der Waals surface area (Å²) in [6, 6.07) is 13.1. The highest BCUT2D eigenvalue weighted by atomic mass is 19.1. The summed E-state index contributed by atoms with van der Waals surface area (Å²) < 4.78 is 23.6. The number of nitrogens with two attached hydrogens (primary N) is 1. The summed E-state index contributed by atoms with van der Waals surface area (Å²) in [5.41, 5.74) is 6.39. The second-order valence-corrected chi connectivity index (χ2v) is 5.68. The molecule has 0 radical (unpaired) electrons. The maximum absolute atomic E-state index is 13.1. The molecule has 1 atom stereocenters. The van der Waals surface area contributed by atoms with Crippen molar-refractivity contribution in [3.8, 4) is 5.75 Å². The molecule has 2 N–H and O–H groups in total. The number of anilines is 1. The normalized spacial score (nSPS) is 16.8. The fourth-order valence-corrected chi connectivity index (χ4v) is 2.68. The van der Waals surface area contributed by atoms with Crippen LogP contribution < -0.4 is 15.4 Å². The lowest BCUT2D eigenvalue weighted by atomic mass is 10.2. The molecule has 0 aromatic heterocycles. The maximum atomic E-state index is 13.1. The van der Waals surface area contributed by atoms with Crippen molar-refractivity contribution in [1.29, 1.82) is 0 Å². The Hall–Kier alpha value is -3.09. The van der Waals surface area contributed by atoms with Crippen molar-refractivity contribution in [2.75, 3.05) is 11.4 Å². The molecule has 1 aliphatic heterocycles. The van der Waals surface area contributed by atoms with Crippen LogP contribution in [-0.4, -0.2) is 24.6 Å². The van der Waals surface area contributed by atoms with Crippen LogP contribution in [0.5, 0.6) is 5.75 Å². The Morgan fingerprint density at radius 2 is 2.00 bits per heavy atom. The van der Waals surface area contributed by atoms with Crippen molar-refractivity contribution in [1.82, 2.24) is 0 Å². The van der Waals surface area contributed by atoms with Gasteiger partial charge in [0.25, 0.3) is 0 Å². The summed E-state index contributed by atoms with van der Waals surface area (Å²) in [7, 11) is 0. The number of primary amides is 1. The quantitative estimate of drug-likeness (QED) is 0.904. The van der Waals surface area contributed by atoms with Crippen LogP contribution in [0.3, 0.4) is 0 Å². The number of hydrogen-bond acceptors (Lipinski definition) is 4. The second-order valence-electron chi connectivity index (χ2n) is 5.68. The summed E-state index contributed by atoms with van der Waals surface area (Å²) in [5.74, 6) is 0.154. The summed E-state index contributed by atoms with van der Waals surface area (Å²) in [6.07, 6.45) is -1.31. The fourth-order valence-electron chi connectivity index (χ4n) is 2.68. The predicted molar refractivity (Wildman–Crippen MR) is 88.6 cm³/mol. The van der Waals surface area contributed by atoms with Crippen LogP contribution in [-0.2, 0) is 16.1 Å². The van der Waals surface area contributed by atoms with Gasteiger partial charge in [-0.2, -0.15) is 0 Å². The highest BCUT2D eigenvalue weighted by molar-refractivity contribution is 5.96. The van der Waals surface area contributed by atoms with E-state index in [-0.39, 0.29) is 31.3 Å². The predicted octanol–water partition coefficient (Wildman–Crippen LogP) is 2.61. The first-order valence-electron chi connectivity index (χ1n) is 7.75. The van der Waals surface area contributed by atoms with Gasteiger partial charge in [0.1, 0.15) is 24.3 Å². The van der Waals surface area contributed by atoms with Gasteiger partial charge in [-0.05, 0) is 42.0 Å². The van der Waals surface area contributed by atoms with Gasteiger partial charge in [0.2, 0.25) is 5.91 Å². The van der Waals surface area contributed by atoms with E-state index in [1.165, 1.54) is 17.0 Å². The molecule has 1 aliphatic rings. The molecule has 0 spiro atoms. The molecule has 2 aromatic rings. The fraction of sp³-hybridized carbons (Fsp3) is 0.222. The molecule has 1 fully saturated rings. The molecule has 3 rings (SSSR count). The topological polar surface area (TPSA) is 81.9 Å². The smallest absolute Gasteiger partial charge is 0.404 e. The Morgan fingerprint density at radius 3 is 2.68 bits per heavy atom. The Balaban J connectivity index is 1.60. The number of benzene rings is 2. The molecule has 25 heavy (non-hydrogen) atoms. The average molecular weight is 344 g/mol. The van der Waals surface area contributed by atoms with E-state index in [2.05, 4.69) is 0 Å². The van der Waals surface area contributed by atoms with Crippen LogP contribution in [0.25, 0.3) is 0 Å². The van der Waals surface area contributed by atoms with Crippen molar-refractivity contribution in [3.05, 3.63) is 59.9 Å². The van der Waals surface area contributed by atoms with E-state index in [9.17, 15) is 14.0 Å². The Labute approximate surface area is 143 Å². The number of ether oxygens (including phenoxy) is 2. The Morgan fingerprint density at radius 1 is 1.24 bits per heavy atom. The zero-order chi connectivity index (χ0) is 17.8. The lowest BCUT2D eigenvalue weighted by Gasteiger charge is -2.17. The van der Waals surface area contributed by atoms with Crippen molar-refractivity contribution in [2.45, 2.75) is 19.1 Å². The molecule has 2 aromatic carbocycles. The zero-order valence-corrected chi connectivity index (χ0v) is 13.4. The molecule has 130 valence electrons. The van der Waals surface area contributed by atoms with Gasteiger partial charge in [-0.25, -0.2) is 9.18 Å². The molecule has 0 bridgehead atoms. The zero-order valence-electron chi connectivity index (χ0n) is 13.4. The lowest BCUT2D eigenvalue weighted by molar-refractivity contribution is -0.117. The average Bonchev–Trinajstić information content (AvgIpc) is 2.93. The number of rotatable bonds is 5. The Kier molecular flexibility index (Phi) is 4.83. The SMILES string of the molecule is NC(=O)O[C@H]1CC(=O)N(c2ccc(OCc3cccc(F)c3)cc2)C1. The minimum absolute atomic E-state index is 0.112. The van der Waals surface area contributed by atoms with E-state index in [0.717, 1.165) is 5.56 Å². The highest BCUT2D eigenvalue weighted by Gasteiger charge is 2.32. The van der Waals surface area contributed by atoms with Crippen LogP contribution in [0.4, 0.5) is 14.9 Å². The molecule has 7 heteroatoms. The van der Waals surface area contributed by atoms with E-state index in [1.807, 2.05) is 0 Å². The minimum Gasteiger partial charge on any atom is -0.489 e. The first kappa shape index (κ1) is 16.8. The summed E-state index contributed by atoms with van der Waals surface area (Å²) in [4.78, 5) is 24.3. The molecule has 0 saturated carbocycles. The molecule has 2 amide bonds. The van der Waals surface area contributed by atoms with Gasteiger partial charge < -0.3 is 20.1 Å². The standard InChI is InChI=1S/C18H17FN2O4/c19-13-3-1-2-12(8-13)11-24-15-6-4-14(5-7-15)21-10-16(9-17(21)22)25-18(20)23/h1-8,16H,9-11H2,(H2,20,23)/t16-/m0/s1. The van der Waals surface area contributed by atoms with Crippen LogP contribution in [0.15, 0.2) is 48.5 Å². The first-order valence-corrected chi connectivity index (χ1v) is 7.75. The van der Waals surface area contributed by atoms with Gasteiger partial charge in [0.05, 0.1) is 13.0 Å². The second kappa shape index (κ2) is 7.21. The van der Waals surface area contributed by atoms with Crippen molar-refractivity contribution in [2.24, 2.45) is 5.73 Å². The first-order chi connectivity index (χ1) is 12.0. The summed E-state index contributed by atoms with van der Waals surface area (Å²) in [5, 5.41) is 0. The third-order valence-corrected chi connectivity index (χ3v) is 3.82. The van der Waals surface area contributed by atoms with E-state index < -0.39 is 12.2 Å². The summed E-state index contributed by atoms with van der Waals surface area (Å²) in [6.45, 7) is 0.513. The maximum Gasteiger partial charge on any atom is 0.404 e. The Bertz CT molecular complexity index is 779. The van der Waals surface area contributed by atoms with Gasteiger partial charge >= 0.3 is 6.09 Å². The molecular weight excluding hydrogens is 327 g/mol. The third-order valence-electron chi connectivity index (χ3n) is 3.82. The van der Waals surface area contributed by atoms with Crippen molar-refractivity contribution >= 4 is 17.7 Å². The van der Waals surface area contributed by atoms with Crippen molar-refractivity contribution in [3.63, 3.8) is 0 Å². The molecule has 0 aliphatic carbocycles. The third kappa shape index (κ3) is 4.26.